The normalized spacial score (nSPS) is 15.1. The molecule has 0 saturated heterocycles. The number of carboxylic acid groups (broad SMARTS) is 1. The zero-order chi connectivity index (χ0) is 25.7. The highest BCUT2D eigenvalue weighted by atomic mass is 16.5. The van der Waals surface area contributed by atoms with E-state index in [0.29, 0.717) is 12.5 Å². The van der Waals surface area contributed by atoms with Gasteiger partial charge in [-0.2, -0.15) is 0 Å². The van der Waals surface area contributed by atoms with E-state index in [1.54, 1.807) is 20.3 Å². The Bertz CT molecular complexity index is 1180. The number of methoxy groups -OCH3 is 2. The molecule has 0 fully saturated rings. The molecule has 1 heterocycles. The lowest BCUT2D eigenvalue weighted by Gasteiger charge is -2.27. The predicted molar refractivity (Wildman–Crippen MR) is 140 cm³/mol. The van der Waals surface area contributed by atoms with Gasteiger partial charge in [0.2, 0.25) is 0 Å². The van der Waals surface area contributed by atoms with E-state index in [2.05, 4.69) is 31.2 Å². The van der Waals surface area contributed by atoms with Crippen LogP contribution in [0.4, 0.5) is 0 Å². The number of carbonyl (C=O) groups is 1. The number of fused-ring (bicyclic) bond motifs is 1. The number of aliphatic hydroxyl groups is 1. The fourth-order valence-electron chi connectivity index (χ4n) is 5.45. The number of rotatable bonds is 11. The van der Waals surface area contributed by atoms with E-state index in [1.807, 2.05) is 35.2 Å². The first-order chi connectivity index (χ1) is 17.4. The molecule has 1 aliphatic carbocycles. The number of carboxylic acids is 1. The lowest BCUT2D eigenvalue weighted by atomic mass is 9.85. The van der Waals surface area contributed by atoms with Gasteiger partial charge >= 0.3 is 5.97 Å². The van der Waals surface area contributed by atoms with E-state index in [-0.39, 0.29) is 5.92 Å². The molecule has 2 atom stereocenters. The molecule has 1 aliphatic rings. The van der Waals surface area contributed by atoms with E-state index in [0.717, 1.165) is 59.9 Å². The summed E-state index contributed by atoms with van der Waals surface area (Å²) in [5.74, 6) is 0.854. The maximum atomic E-state index is 11.7. The predicted octanol–water partition coefficient (Wildman–Crippen LogP) is 5.32. The fourth-order valence-corrected chi connectivity index (χ4v) is 5.45. The van der Waals surface area contributed by atoms with E-state index in [4.69, 9.17) is 14.6 Å². The summed E-state index contributed by atoms with van der Waals surface area (Å²) in [6.45, 7) is 2.66. The highest BCUT2D eigenvalue weighted by Gasteiger charge is 2.30. The molecule has 190 valence electrons. The molecule has 6 heteroatoms. The van der Waals surface area contributed by atoms with Gasteiger partial charge in [0.1, 0.15) is 11.5 Å². The second kappa shape index (κ2) is 11.5. The number of hydrogen-bond acceptors (Lipinski definition) is 4. The zero-order valence-electron chi connectivity index (χ0n) is 21.2. The van der Waals surface area contributed by atoms with Gasteiger partial charge in [-0.25, -0.2) is 4.79 Å². The summed E-state index contributed by atoms with van der Waals surface area (Å²) in [5.41, 5.74) is 5.37. The second-order valence-corrected chi connectivity index (χ2v) is 9.55. The first-order valence-corrected chi connectivity index (χ1v) is 12.5. The summed E-state index contributed by atoms with van der Waals surface area (Å²) in [4.78, 5) is 10.9. The summed E-state index contributed by atoms with van der Waals surface area (Å²) >= 11 is 0. The average molecular weight is 490 g/mol. The van der Waals surface area contributed by atoms with E-state index < -0.39 is 12.1 Å². The van der Waals surface area contributed by atoms with Crippen LogP contribution in [-0.4, -0.2) is 35.0 Å². The van der Waals surface area contributed by atoms with Crippen molar-refractivity contribution in [1.82, 2.24) is 4.57 Å². The minimum Gasteiger partial charge on any atom is -0.496 e. The van der Waals surface area contributed by atoms with Crippen LogP contribution in [-0.2, 0) is 30.6 Å². The summed E-state index contributed by atoms with van der Waals surface area (Å²) in [5, 5.41) is 20.6. The summed E-state index contributed by atoms with van der Waals surface area (Å²) in [7, 11) is 3.28. The molecule has 0 amide bonds. The largest absolute Gasteiger partial charge is 0.496 e. The van der Waals surface area contributed by atoms with E-state index in [1.165, 1.54) is 11.1 Å². The third-order valence-corrected chi connectivity index (χ3v) is 7.18. The van der Waals surface area contributed by atoms with Crippen molar-refractivity contribution in [3.63, 3.8) is 0 Å². The van der Waals surface area contributed by atoms with E-state index >= 15 is 0 Å². The molecule has 0 radical (unpaired) electrons. The van der Waals surface area contributed by atoms with Crippen LogP contribution < -0.4 is 9.47 Å². The zero-order valence-corrected chi connectivity index (χ0v) is 21.2. The maximum Gasteiger partial charge on any atom is 0.328 e. The minimum atomic E-state index is -0.977. The molecule has 0 unspecified atom stereocenters. The number of aliphatic hydroxyl groups excluding tert-OH is 1. The van der Waals surface area contributed by atoms with Gasteiger partial charge in [-0.3, -0.25) is 0 Å². The molecule has 0 aliphatic heterocycles. The number of aromatic nitrogens is 1. The molecule has 2 N–H and O–H groups in total. The third-order valence-electron chi connectivity index (χ3n) is 7.18. The van der Waals surface area contributed by atoms with Crippen molar-refractivity contribution < 1.29 is 24.5 Å². The first kappa shape index (κ1) is 25.6. The lowest BCUT2D eigenvalue weighted by Crippen LogP contribution is -2.22. The second-order valence-electron chi connectivity index (χ2n) is 9.55. The Kier molecular flexibility index (Phi) is 8.16. The van der Waals surface area contributed by atoms with Crippen molar-refractivity contribution in [3.05, 3.63) is 88.8 Å². The van der Waals surface area contributed by atoms with Crippen molar-refractivity contribution in [3.8, 4) is 11.5 Å². The van der Waals surface area contributed by atoms with Gasteiger partial charge in [0, 0.05) is 36.5 Å². The van der Waals surface area contributed by atoms with Crippen molar-refractivity contribution in [2.75, 3.05) is 14.2 Å². The number of nitrogens with zero attached hydrogens (tertiary/aromatic N) is 1. The molecule has 3 aromatic rings. The number of ether oxygens (including phenoxy) is 2. The van der Waals surface area contributed by atoms with Crippen LogP contribution in [0, 0.1) is 11.8 Å². The van der Waals surface area contributed by atoms with Crippen LogP contribution in [0.3, 0.4) is 0 Å². The van der Waals surface area contributed by atoms with Crippen molar-refractivity contribution >= 4 is 12.0 Å². The molecule has 6 nitrogen and oxygen atoms in total. The summed E-state index contributed by atoms with van der Waals surface area (Å²) in [6.07, 6.45) is 9.50. The maximum absolute atomic E-state index is 11.7. The summed E-state index contributed by atoms with van der Waals surface area (Å²) < 4.78 is 13.3. The van der Waals surface area contributed by atoms with Gasteiger partial charge in [0.25, 0.3) is 0 Å². The van der Waals surface area contributed by atoms with Crippen LogP contribution in [0.15, 0.2) is 60.9 Å². The van der Waals surface area contributed by atoms with Gasteiger partial charge in [-0.05, 0) is 78.1 Å². The standard InChI is InChI=1S/C30H35NO5/c1-4-26-27(35-2)16-24(17-28(26)36-3)30(34)25(15-21-13-22-7-5-6-8-23(22)14-21)19-31-12-11-20(18-31)9-10-29(32)33/h5-12,16-18,21,25,30,34H,4,13-15,19H2,1-3H3,(H,32,33)/b10-9+/t25-,30-/m1/s1. The number of aliphatic carboxylic acids is 1. The molecular formula is C30H35NO5. The van der Waals surface area contributed by atoms with Crippen LogP contribution in [0.5, 0.6) is 11.5 Å². The Balaban J connectivity index is 1.62. The average Bonchev–Trinajstić information content (AvgIpc) is 3.51. The van der Waals surface area contributed by atoms with Gasteiger partial charge < -0.3 is 24.3 Å². The fraction of sp³-hybridized carbons (Fsp3) is 0.367. The Morgan fingerprint density at radius 2 is 1.75 bits per heavy atom. The van der Waals surface area contributed by atoms with Crippen molar-refractivity contribution in [1.29, 1.82) is 0 Å². The Morgan fingerprint density at radius 3 is 2.31 bits per heavy atom. The van der Waals surface area contributed by atoms with Crippen LogP contribution in [0.1, 0.15) is 47.3 Å². The van der Waals surface area contributed by atoms with Crippen LogP contribution in [0.2, 0.25) is 0 Å². The SMILES string of the molecule is CCc1c(OC)cc([C@@H](O)[C@H](CC2Cc3ccccc3C2)Cn2ccc(/C=C/C(=O)O)c2)cc1OC. The Morgan fingerprint density at radius 1 is 1.11 bits per heavy atom. The quantitative estimate of drug-likeness (QED) is 0.356. The van der Waals surface area contributed by atoms with Gasteiger partial charge in [-0.1, -0.05) is 31.2 Å². The summed E-state index contributed by atoms with van der Waals surface area (Å²) in [6, 6.07) is 14.3. The molecular weight excluding hydrogens is 454 g/mol. The smallest absolute Gasteiger partial charge is 0.328 e. The molecule has 4 rings (SSSR count). The molecule has 0 spiro atoms. The number of benzene rings is 2. The highest BCUT2D eigenvalue weighted by Crippen LogP contribution is 2.39. The van der Waals surface area contributed by atoms with Gasteiger partial charge in [0.05, 0.1) is 20.3 Å². The minimum absolute atomic E-state index is 0.0603. The number of hydrogen-bond donors (Lipinski definition) is 2. The van der Waals surface area contributed by atoms with Gasteiger partial charge in [-0.15, -0.1) is 0 Å². The molecule has 0 saturated carbocycles. The molecule has 1 aromatic heterocycles. The molecule has 36 heavy (non-hydrogen) atoms. The van der Waals surface area contributed by atoms with Crippen LogP contribution in [0.25, 0.3) is 6.08 Å². The first-order valence-electron chi connectivity index (χ1n) is 12.5. The molecule has 0 bridgehead atoms. The van der Waals surface area contributed by atoms with Crippen LogP contribution >= 0.6 is 0 Å². The lowest BCUT2D eigenvalue weighted by molar-refractivity contribution is -0.131. The Hall–Kier alpha value is -3.51. The topological polar surface area (TPSA) is 80.9 Å². The van der Waals surface area contributed by atoms with Crippen molar-refractivity contribution in [2.45, 2.75) is 45.3 Å². The molecule has 2 aromatic carbocycles. The third kappa shape index (κ3) is 5.82. The highest BCUT2D eigenvalue weighted by molar-refractivity contribution is 5.85. The van der Waals surface area contributed by atoms with Crippen molar-refractivity contribution in [2.24, 2.45) is 11.8 Å². The van der Waals surface area contributed by atoms with E-state index in [9.17, 15) is 9.90 Å². The van der Waals surface area contributed by atoms with Gasteiger partial charge in [0.15, 0.2) is 0 Å². The Labute approximate surface area is 212 Å². The monoisotopic (exact) mass is 489 g/mol.